The number of anilines is 1. The predicted octanol–water partition coefficient (Wildman–Crippen LogP) is 3.45. The third-order valence-corrected chi connectivity index (χ3v) is 3.65. The number of ether oxygens (including phenoxy) is 1. The number of hydrogen-bond acceptors (Lipinski definition) is 5. The summed E-state index contributed by atoms with van der Waals surface area (Å²) in [6, 6.07) is 8.33. The molecule has 0 spiro atoms. The lowest BCUT2D eigenvalue weighted by Gasteiger charge is -2.24. The molecule has 1 aromatic carbocycles. The second-order valence-corrected chi connectivity index (χ2v) is 5.51. The highest BCUT2D eigenvalue weighted by Crippen LogP contribution is 2.37. The van der Waals surface area contributed by atoms with Crippen LogP contribution in [0.25, 0.3) is 0 Å². The first-order valence-electron chi connectivity index (χ1n) is 7.67. The van der Waals surface area contributed by atoms with E-state index < -0.39 is 17.6 Å². The van der Waals surface area contributed by atoms with E-state index in [1.807, 2.05) is 0 Å². The van der Waals surface area contributed by atoms with Crippen molar-refractivity contribution in [3.63, 3.8) is 0 Å². The predicted molar refractivity (Wildman–Crippen MR) is 83.1 cm³/mol. The number of piperidine rings is 1. The molecule has 1 aliphatic heterocycles. The maximum absolute atomic E-state index is 13.2. The molecule has 1 saturated heterocycles. The van der Waals surface area contributed by atoms with E-state index in [9.17, 15) is 13.2 Å². The van der Waals surface area contributed by atoms with Gasteiger partial charge in [0.15, 0.2) is 0 Å². The van der Waals surface area contributed by atoms with Crippen LogP contribution >= 0.6 is 0 Å². The van der Waals surface area contributed by atoms with Crippen molar-refractivity contribution in [3.8, 4) is 11.6 Å². The Bertz CT molecular complexity index is 673. The monoisotopic (exact) mass is 338 g/mol. The SMILES string of the molecule is FC(F)(F)c1cnc(NC2CCCNC2)nc1Oc1ccccc1. The topological polar surface area (TPSA) is 59.1 Å². The van der Waals surface area contributed by atoms with Gasteiger partial charge in [0.1, 0.15) is 11.3 Å². The number of halogens is 3. The van der Waals surface area contributed by atoms with Gasteiger partial charge < -0.3 is 15.4 Å². The molecular formula is C16H17F3N4O. The zero-order valence-electron chi connectivity index (χ0n) is 12.8. The molecule has 2 heterocycles. The molecule has 1 unspecified atom stereocenters. The van der Waals surface area contributed by atoms with Gasteiger partial charge in [-0.05, 0) is 31.5 Å². The Hall–Kier alpha value is -2.35. The van der Waals surface area contributed by atoms with E-state index in [0.717, 1.165) is 32.1 Å². The van der Waals surface area contributed by atoms with E-state index in [-0.39, 0.29) is 17.7 Å². The van der Waals surface area contributed by atoms with E-state index in [1.165, 1.54) is 0 Å². The van der Waals surface area contributed by atoms with Crippen molar-refractivity contribution in [3.05, 3.63) is 42.1 Å². The Labute approximate surface area is 137 Å². The van der Waals surface area contributed by atoms with Crippen LogP contribution < -0.4 is 15.4 Å². The van der Waals surface area contributed by atoms with Gasteiger partial charge in [-0.25, -0.2) is 4.98 Å². The van der Waals surface area contributed by atoms with E-state index in [2.05, 4.69) is 20.6 Å². The number of nitrogens with one attached hydrogen (secondary N) is 2. The smallest absolute Gasteiger partial charge is 0.423 e. The minimum Gasteiger partial charge on any atom is -0.438 e. The van der Waals surface area contributed by atoms with Crippen LogP contribution in [0.3, 0.4) is 0 Å². The van der Waals surface area contributed by atoms with Gasteiger partial charge in [0.05, 0.1) is 0 Å². The first kappa shape index (κ1) is 16.5. The van der Waals surface area contributed by atoms with E-state index in [4.69, 9.17) is 4.74 Å². The fourth-order valence-electron chi connectivity index (χ4n) is 2.47. The van der Waals surface area contributed by atoms with Crippen LogP contribution in [0.4, 0.5) is 19.1 Å². The van der Waals surface area contributed by atoms with Gasteiger partial charge in [0, 0.05) is 18.8 Å². The highest BCUT2D eigenvalue weighted by molar-refractivity contribution is 5.38. The summed E-state index contributed by atoms with van der Waals surface area (Å²) in [5.74, 6) is -0.0930. The Morgan fingerprint density at radius 1 is 1.21 bits per heavy atom. The summed E-state index contributed by atoms with van der Waals surface area (Å²) >= 11 is 0. The van der Waals surface area contributed by atoms with Gasteiger partial charge in [-0.15, -0.1) is 0 Å². The summed E-state index contributed by atoms with van der Waals surface area (Å²) in [5.41, 5.74) is -1.00. The van der Waals surface area contributed by atoms with Crippen LogP contribution in [0.5, 0.6) is 11.6 Å². The highest BCUT2D eigenvalue weighted by Gasteiger charge is 2.36. The molecule has 1 fully saturated rings. The Morgan fingerprint density at radius 2 is 2.00 bits per heavy atom. The molecule has 8 heteroatoms. The van der Waals surface area contributed by atoms with Crippen molar-refractivity contribution in [2.24, 2.45) is 0 Å². The summed E-state index contributed by atoms with van der Waals surface area (Å²) in [6.07, 6.45) is -1.93. The quantitative estimate of drug-likeness (QED) is 0.894. The van der Waals surface area contributed by atoms with Crippen LogP contribution in [0, 0.1) is 0 Å². The lowest BCUT2D eigenvalue weighted by atomic mass is 10.1. The van der Waals surface area contributed by atoms with E-state index in [1.54, 1.807) is 30.3 Å². The Kier molecular flexibility index (Phi) is 4.84. The molecule has 24 heavy (non-hydrogen) atoms. The van der Waals surface area contributed by atoms with Gasteiger partial charge in [0.2, 0.25) is 11.8 Å². The summed E-state index contributed by atoms with van der Waals surface area (Å²) in [4.78, 5) is 7.73. The third-order valence-electron chi connectivity index (χ3n) is 3.65. The molecule has 0 radical (unpaired) electrons. The van der Waals surface area contributed by atoms with Crippen LogP contribution in [0.1, 0.15) is 18.4 Å². The van der Waals surface area contributed by atoms with Gasteiger partial charge in [-0.2, -0.15) is 18.2 Å². The van der Waals surface area contributed by atoms with Crippen molar-refractivity contribution in [2.45, 2.75) is 25.1 Å². The van der Waals surface area contributed by atoms with Gasteiger partial charge in [-0.3, -0.25) is 0 Å². The molecule has 1 aromatic heterocycles. The number of alkyl halides is 3. The molecule has 0 aliphatic carbocycles. The largest absolute Gasteiger partial charge is 0.438 e. The second-order valence-electron chi connectivity index (χ2n) is 5.51. The zero-order chi connectivity index (χ0) is 17.0. The zero-order valence-corrected chi connectivity index (χ0v) is 12.8. The molecule has 128 valence electrons. The van der Waals surface area contributed by atoms with Crippen molar-refractivity contribution < 1.29 is 17.9 Å². The Balaban J connectivity index is 1.85. The van der Waals surface area contributed by atoms with E-state index in [0.29, 0.717) is 0 Å². The minimum absolute atomic E-state index is 0.0834. The summed E-state index contributed by atoms with van der Waals surface area (Å²) < 4.78 is 44.8. The molecule has 1 aliphatic rings. The van der Waals surface area contributed by atoms with Gasteiger partial charge in [-0.1, -0.05) is 18.2 Å². The molecule has 1 atom stereocenters. The fraction of sp³-hybridized carbons (Fsp3) is 0.375. The standard InChI is InChI=1S/C16H17F3N4O/c17-16(18,19)13-10-21-15(22-11-5-4-8-20-9-11)23-14(13)24-12-6-2-1-3-7-12/h1-3,6-7,10-11,20H,4-5,8-9H2,(H,21,22,23). The fourth-order valence-corrected chi connectivity index (χ4v) is 2.47. The highest BCUT2D eigenvalue weighted by atomic mass is 19.4. The van der Waals surface area contributed by atoms with Crippen LogP contribution in [-0.2, 0) is 6.18 Å². The lowest BCUT2D eigenvalue weighted by molar-refractivity contribution is -0.139. The minimum atomic E-state index is -4.59. The number of nitrogens with zero attached hydrogens (tertiary/aromatic N) is 2. The summed E-state index contributed by atoms with van der Waals surface area (Å²) in [6.45, 7) is 1.66. The van der Waals surface area contributed by atoms with Crippen molar-refractivity contribution in [2.75, 3.05) is 18.4 Å². The number of hydrogen-bond donors (Lipinski definition) is 2. The number of rotatable bonds is 4. The van der Waals surface area contributed by atoms with Crippen molar-refractivity contribution >= 4 is 5.95 Å². The van der Waals surface area contributed by atoms with Gasteiger partial charge in [0.25, 0.3) is 0 Å². The molecule has 0 amide bonds. The first-order chi connectivity index (χ1) is 11.5. The second kappa shape index (κ2) is 7.04. The first-order valence-corrected chi connectivity index (χ1v) is 7.67. The van der Waals surface area contributed by atoms with Gasteiger partial charge >= 0.3 is 6.18 Å². The van der Waals surface area contributed by atoms with Crippen molar-refractivity contribution in [1.82, 2.24) is 15.3 Å². The molecule has 2 aromatic rings. The Morgan fingerprint density at radius 3 is 2.67 bits per heavy atom. The molecule has 0 bridgehead atoms. The maximum Gasteiger partial charge on any atom is 0.423 e. The number of benzene rings is 1. The van der Waals surface area contributed by atoms with Crippen LogP contribution in [0.2, 0.25) is 0 Å². The molecule has 5 nitrogen and oxygen atoms in total. The molecule has 2 N–H and O–H groups in total. The molecular weight excluding hydrogens is 321 g/mol. The average molecular weight is 338 g/mol. The normalized spacial score (nSPS) is 18.2. The van der Waals surface area contributed by atoms with Crippen molar-refractivity contribution in [1.29, 1.82) is 0 Å². The summed E-state index contributed by atoms with van der Waals surface area (Å²) in [5, 5.41) is 6.27. The third kappa shape index (κ3) is 4.14. The molecule has 0 saturated carbocycles. The number of aromatic nitrogens is 2. The number of para-hydroxylation sites is 1. The maximum atomic E-state index is 13.2. The van der Waals surface area contributed by atoms with E-state index >= 15 is 0 Å². The van der Waals surface area contributed by atoms with Crippen LogP contribution in [0.15, 0.2) is 36.5 Å². The summed E-state index contributed by atoms with van der Waals surface area (Å²) in [7, 11) is 0. The van der Waals surface area contributed by atoms with Crippen LogP contribution in [-0.4, -0.2) is 29.1 Å². The average Bonchev–Trinajstić information content (AvgIpc) is 2.56. The molecule has 3 rings (SSSR count). The lowest BCUT2D eigenvalue weighted by Crippen LogP contribution is -2.38.